The maximum absolute atomic E-state index is 5.90. The second-order valence-electron chi connectivity index (χ2n) is 5.25. The first kappa shape index (κ1) is 15.5. The van der Waals surface area contributed by atoms with E-state index in [1.165, 1.54) is 12.0 Å². The molecule has 0 saturated heterocycles. The summed E-state index contributed by atoms with van der Waals surface area (Å²) in [4.78, 5) is 0. The van der Waals surface area contributed by atoms with Gasteiger partial charge in [0.05, 0.1) is 4.47 Å². The van der Waals surface area contributed by atoms with Crippen molar-refractivity contribution in [3.05, 3.63) is 28.2 Å². The molecule has 0 spiro atoms. The van der Waals surface area contributed by atoms with Gasteiger partial charge in [0.1, 0.15) is 11.9 Å². The van der Waals surface area contributed by atoms with Crippen molar-refractivity contribution in [1.29, 1.82) is 0 Å². The first-order valence-corrected chi connectivity index (χ1v) is 7.42. The van der Waals surface area contributed by atoms with Crippen LogP contribution in [0, 0.1) is 12.8 Å². The number of benzene rings is 1. The third-order valence-corrected chi connectivity index (χ3v) is 3.37. The van der Waals surface area contributed by atoms with Crippen LogP contribution >= 0.6 is 15.9 Å². The summed E-state index contributed by atoms with van der Waals surface area (Å²) in [5.74, 6) is 1.67. The summed E-state index contributed by atoms with van der Waals surface area (Å²) in [6.07, 6.45) is 1.39. The van der Waals surface area contributed by atoms with E-state index in [0.29, 0.717) is 0 Å². The Kier molecular flexibility index (Phi) is 6.72. The minimum absolute atomic E-state index is 0.177. The largest absolute Gasteiger partial charge is 0.488 e. The van der Waals surface area contributed by atoms with Gasteiger partial charge < -0.3 is 10.1 Å². The number of hydrogen-bond acceptors (Lipinski definition) is 2. The van der Waals surface area contributed by atoms with E-state index in [4.69, 9.17) is 4.74 Å². The topological polar surface area (TPSA) is 21.3 Å². The molecule has 0 heterocycles. The normalized spacial score (nSPS) is 12.8. The van der Waals surface area contributed by atoms with Crippen LogP contribution in [0.15, 0.2) is 22.7 Å². The summed E-state index contributed by atoms with van der Waals surface area (Å²) in [6, 6.07) is 6.16. The summed E-state index contributed by atoms with van der Waals surface area (Å²) < 4.78 is 6.92. The number of halogens is 1. The van der Waals surface area contributed by atoms with E-state index in [-0.39, 0.29) is 6.10 Å². The van der Waals surface area contributed by atoms with Crippen LogP contribution < -0.4 is 10.1 Å². The highest BCUT2D eigenvalue weighted by Gasteiger charge is 2.07. The molecule has 0 fully saturated rings. The molecule has 0 aliphatic carbocycles. The lowest BCUT2D eigenvalue weighted by molar-refractivity contribution is 0.215. The lowest BCUT2D eigenvalue weighted by atomic mass is 10.1. The fourth-order valence-corrected chi connectivity index (χ4v) is 2.24. The van der Waals surface area contributed by atoms with E-state index in [2.05, 4.69) is 61.1 Å². The van der Waals surface area contributed by atoms with Crippen LogP contribution in [0.4, 0.5) is 0 Å². The summed E-state index contributed by atoms with van der Waals surface area (Å²) in [7, 11) is 0. The number of ether oxygens (including phenoxy) is 1. The Bertz CT molecular complexity index is 366. The van der Waals surface area contributed by atoms with Gasteiger partial charge in [0.15, 0.2) is 0 Å². The van der Waals surface area contributed by atoms with Gasteiger partial charge in [-0.1, -0.05) is 19.9 Å². The molecule has 102 valence electrons. The Morgan fingerprint density at radius 2 is 2.00 bits per heavy atom. The van der Waals surface area contributed by atoms with Crippen LogP contribution in [-0.4, -0.2) is 19.2 Å². The zero-order chi connectivity index (χ0) is 13.5. The Balaban J connectivity index is 2.33. The van der Waals surface area contributed by atoms with Crippen LogP contribution in [0.5, 0.6) is 5.75 Å². The second-order valence-corrected chi connectivity index (χ2v) is 6.10. The van der Waals surface area contributed by atoms with Crippen LogP contribution in [0.1, 0.15) is 32.8 Å². The van der Waals surface area contributed by atoms with Crippen LogP contribution in [0.2, 0.25) is 0 Å². The van der Waals surface area contributed by atoms with Crippen molar-refractivity contribution in [3.63, 3.8) is 0 Å². The Morgan fingerprint density at radius 1 is 1.28 bits per heavy atom. The molecule has 1 rings (SSSR count). The third-order valence-electron chi connectivity index (χ3n) is 2.75. The number of hydrogen-bond donors (Lipinski definition) is 1. The van der Waals surface area contributed by atoms with Gasteiger partial charge in [-0.15, -0.1) is 0 Å². The zero-order valence-electron chi connectivity index (χ0n) is 11.8. The van der Waals surface area contributed by atoms with Crippen LogP contribution in [0.25, 0.3) is 0 Å². The fraction of sp³-hybridized carbons (Fsp3) is 0.600. The van der Waals surface area contributed by atoms with Crippen LogP contribution in [0.3, 0.4) is 0 Å². The molecule has 0 bridgehead atoms. The molecule has 1 aromatic carbocycles. The van der Waals surface area contributed by atoms with Crippen LogP contribution in [-0.2, 0) is 0 Å². The molecule has 2 nitrogen and oxygen atoms in total. The fourth-order valence-electron chi connectivity index (χ4n) is 1.66. The molecule has 1 N–H and O–H groups in total. The summed E-state index contributed by atoms with van der Waals surface area (Å²) in [5.41, 5.74) is 1.23. The van der Waals surface area contributed by atoms with E-state index >= 15 is 0 Å². The summed E-state index contributed by atoms with van der Waals surface area (Å²) in [6.45, 7) is 10.6. The first-order chi connectivity index (χ1) is 8.49. The molecule has 1 aromatic rings. The summed E-state index contributed by atoms with van der Waals surface area (Å²) in [5, 5.41) is 3.43. The van der Waals surface area contributed by atoms with Crippen molar-refractivity contribution < 1.29 is 4.74 Å². The number of aryl methyl sites for hydroxylation is 1. The van der Waals surface area contributed by atoms with Gasteiger partial charge in [-0.25, -0.2) is 0 Å². The molecule has 0 aliphatic rings. The average molecular weight is 314 g/mol. The minimum Gasteiger partial charge on any atom is -0.488 e. The molecule has 0 aromatic heterocycles. The van der Waals surface area contributed by atoms with Crippen molar-refractivity contribution in [2.75, 3.05) is 13.1 Å². The van der Waals surface area contributed by atoms with Crippen molar-refractivity contribution in [2.45, 2.75) is 40.2 Å². The van der Waals surface area contributed by atoms with E-state index in [0.717, 1.165) is 29.2 Å². The van der Waals surface area contributed by atoms with Gasteiger partial charge in [-0.05, 0) is 66.4 Å². The predicted molar refractivity (Wildman–Crippen MR) is 81.3 cm³/mol. The van der Waals surface area contributed by atoms with Crippen molar-refractivity contribution >= 4 is 15.9 Å². The Labute approximate surface area is 119 Å². The van der Waals surface area contributed by atoms with E-state index in [9.17, 15) is 0 Å². The molecule has 18 heavy (non-hydrogen) atoms. The van der Waals surface area contributed by atoms with Gasteiger partial charge in [0, 0.05) is 6.54 Å². The molecule has 0 radical (unpaired) electrons. The maximum atomic E-state index is 5.90. The van der Waals surface area contributed by atoms with Crippen molar-refractivity contribution in [1.82, 2.24) is 5.32 Å². The van der Waals surface area contributed by atoms with Gasteiger partial charge in [0.25, 0.3) is 0 Å². The third kappa shape index (κ3) is 5.87. The standard InChI is InChI=1S/C15H24BrNO/c1-11(2)7-8-17-10-13(4)18-15-6-5-12(3)9-14(15)16/h5-6,9,11,13,17H,7-8,10H2,1-4H3. The predicted octanol–water partition coefficient (Wildman–Crippen LogP) is 4.16. The highest BCUT2D eigenvalue weighted by atomic mass is 79.9. The van der Waals surface area contributed by atoms with E-state index < -0.39 is 0 Å². The maximum Gasteiger partial charge on any atom is 0.133 e. The molecule has 1 unspecified atom stereocenters. The van der Waals surface area contributed by atoms with Gasteiger partial charge in [-0.3, -0.25) is 0 Å². The molecule has 3 heteroatoms. The van der Waals surface area contributed by atoms with Gasteiger partial charge in [-0.2, -0.15) is 0 Å². The van der Waals surface area contributed by atoms with Crippen molar-refractivity contribution in [3.8, 4) is 5.75 Å². The number of rotatable bonds is 7. The lowest BCUT2D eigenvalue weighted by Crippen LogP contribution is -2.30. The molecule has 1 atom stereocenters. The molecular weight excluding hydrogens is 290 g/mol. The molecule has 0 aliphatic heterocycles. The van der Waals surface area contributed by atoms with Crippen molar-refractivity contribution in [2.24, 2.45) is 5.92 Å². The zero-order valence-corrected chi connectivity index (χ0v) is 13.4. The quantitative estimate of drug-likeness (QED) is 0.763. The van der Waals surface area contributed by atoms with Gasteiger partial charge in [0.2, 0.25) is 0 Å². The smallest absolute Gasteiger partial charge is 0.133 e. The lowest BCUT2D eigenvalue weighted by Gasteiger charge is -2.17. The molecule has 0 saturated carbocycles. The monoisotopic (exact) mass is 313 g/mol. The second kappa shape index (κ2) is 7.80. The highest BCUT2D eigenvalue weighted by molar-refractivity contribution is 9.10. The summed E-state index contributed by atoms with van der Waals surface area (Å²) >= 11 is 3.53. The van der Waals surface area contributed by atoms with E-state index in [1.807, 2.05) is 6.07 Å². The Hall–Kier alpha value is -0.540. The average Bonchev–Trinajstić information content (AvgIpc) is 2.28. The highest BCUT2D eigenvalue weighted by Crippen LogP contribution is 2.26. The minimum atomic E-state index is 0.177. The first-order valence-electron chi connectivity index (χ1n) is 6.62. The molecular formula is C15H24BrNO. The SMILES string of the molecule is Cc1ccc(OC(C)CNCCC(C)C)c(Br)c1. The number of nitrogens with one attached hydrogen (secondary N) is 1. The van der Waals surface area contributed by atoms with E-state index in [1.54, 1.807) is 0 Å². The molecule has 0 amide bonds. The Morgan fingerprint density at radius 3 is 2.61 bits per heavy atom. The van der Waals surface area contributed by atoms with Gasteiger partial charge >= 0.3 is 0 Å².